The number of rotatable bonds is 4. The lowest BCUT2D eigenvalue weighted by Gasteiger charge is -2.17. The molecule has 8 heteroatoms. The molecule has 0 unspecified atom stereocenters. The van der Waals surface area contributed by atoms with E-state index in [4.69, 9.17) is 5.73 Å². The van der Waals surface area contributed by atoms with E-state index in [0.29, 0.717) is 5.56 Å². The maximum absolute atomic E-state index is 13.6. The average molecular weight is 284 g/mol. The van der Waals surface area contributed by atoms with Crippen molar-refractivity contribution in [3.05, 3.63) is 42.0 Å². The number of nitrogens with zero attached hydrogens (tertiary/aromatic N) is 2. The number of halogens is 1. The number of nitrogens with one attached hydrogen (secondary N) is 1. The van der Waals surface area contributed by atoms with E-state index in [-0.39, 0.29) is 12.2 Å². The van der Waals surface area contributed by atoms with Gasteiger partial charge in [0, 0.05) is 31.0 Å². The molecular weight excluding hydrogens is 271 g/mol. The molecule has 0 bridgehead atoms. The summed E-state index contributed by atoms with van der Waals surface area (Å²) in [5, 5.41) is 6.30. The number of hydrogen-bond acceptors (Lipinski definition) is 4. The van der Waals surface area contributed by atoms with Crippen molar-refractivity contribution in [3.63, 3.8) is 0 Å². The highest BCUT2D eigenvalue weighted by molar-refractivity contribution is 7.89. The van der Waals surface area contributed by atoms with Gasteiger partial charge in [-0.15, -0.1) is 0 Å². The Hall–Kier alpha value is -1.93. The van der Waals surface area contributed by atoms with Gasteiger partial charge in [-0.25, -0.2) is 12.8 Å². The molecule has 0 spiro atoms. The topological polar surface area (TPSA) is 92.1 Å². The van der Waals surface area contributed by atoms with Crippen LogP contribution in [-0.2, 0) is 16.6 Å². The van der Waals surface area contributed by atoms with Crippen molar-refractivity contribution in [2.45, 2.75) is 11.4 Å². The van der Waals surface area contributed by atoms with Crippen LogP contribution in [0.15, 0.2) is 35.5 Å². The fraction of sp³-hybridized carbons (Fsp3) is 0.182. The van der Waals surface area contributed by atoms with Gasteiger partial charge in [-0.2, -0.15) is 9.40 Å². The number of anilines is 1. The van der Waals surface area contributed by atoms with Crippen LogP contribution in [-0.4, -0.2) is 30.0 Å². The Labute approximate surface area is 110 Å². The minimum atomic E-state index is -3.93. The van der Waals surface area contributed by atoms with Gasteiger partial charge in [0.1, 0.15) is 10.7 Å². The van der Waals surface area contributed by atoms with Crippen molar-refractivity contribution in [1.82, 2.24) is 14.5 Å². The van der Waals surface area contributed by atoms with Crippen LogP contribution in [0.3, 0.4) is 0 Å². The van der Waals surface area contributed by atoms with Crippen molar-refractivity contribution in [2.75, 3.05) is 12.8 Å². The van der Waals surface area contributed by atoms with Crippen LogP contribution >= 0.6 is 0 Å². The number of sulfonamides is 1. The largest absolute Gasteiger partial charge is 0.399 e. The molecule has 3 N–H and O–H groups in total. The summed E-state index contributed by atoms with van der Waals surface area (Å²) in [5.41, 5.74) is 6.36. The third-order valence-electron chi connectivity index (χ3n) is 2.60. The van der Waals surface area contributed by atoms with Crippen LogP contribution in [0.25, 0.3) is 0 Å². The van der Waals surface area contributed by atoms with Gasteiger partial charge >= 0.3 is 0 Å². The summed E-state index contributed by atoms with van der Waals surface area (Å²) in [6.45, 7) is 0.0903. The second kappa shape index (κ2) is 4.98. The molecule has 6 nitrogen and oxygen atoms in total. The lowest BCUT2D eigenvalue weighted by atomic mass is 10.3. The Morgan fingerprint density at radius 2 is 2.21 bits per heavy atom. The van der Waals surface area contributed by atoms with Crippen LogP contribution in [0, 0.1) is 5.82 Å². The smallest absolute Gasteiger partial charge is 0.246 e. The highest BCUT2D eigenvalue weighted by Gasteiger charge is 2.25. The molecule has 1 aromatic carbocycles. The first kappa shape index (κ1) is 13.5. The molecule has 19 heavy (non-hydrogen) atoms. The molecule has 1 heterocycles. The molecule has 0 saturated carbocycles. The molecule has 0 fully saturated rings. The summed E-state index contributed by atoms with van der Waals surface area (Å²) in [7, 11) is -2.57. The first-order valence-corrected chi connectivity index (χ1v) is 6.84. The number of nitrogens with two attached hydrogens (primary N) is 1. The lowest BCUT2D eigenvalue weighted by molar-refractivity contribution is 0.460. The molecule has 0 amide bonds. The Morgan fingerprint density at radius 3 is 2.84 bits per heavy atom. The van der Waals surface area contributed by atoms with Crippen LogP contribution < -0.4 is 5.73 Å². The molecule has 2 aromatic rings. The minimum absolute atomic E-state index is 0.0903. The number of benzene rings is 1. The van der Waals surface area contributed by atoms with Crippen molar-refractivity contribution < 1.29 is 12.8 Å². The van der Waals surface area contributed by atoms with Crippen molar-refractivity contribution in [1.29, 1.82) is 0 Å². The third kappa shape index (κ3) is 2.74. The van der Waals surface area contributed by atoms with Crippen LogP contribution in [0.4, 0.5) is 10.1 Å². The highest BCUT2D eigenvalue weighted by Crippen LogP contribution is 2.21. The van der Waals surface area contributed by atoms with Gasteiger partial charge in [0.15, 0.2) is 0 Å². The van der Waals surface area contributed by atoms with E-state index in [1.165, 1.54) is 19.3 Å². The van der Waals surface area contributed by atoms with Gasteiger partial charge in [0.2, 0.25) is 10.0 Å². The second-order valence-electron chi connectivity index (χ2n) is 4.06. The monoisotopic (exact) mass is 284 g/mol. The van der Waals surface area contributed by atoms with Crippen molar-refractivity contribution in [3.8, 4) is 0 Å². The SMILES string of the molecule is CN(Cc1cn[nH]c1)S(=O)(=O)c1cc(N)ccc1F. The number of nitrogen functional groups attached to an aromatic ring is 1. The molecule has 0 aliphatic carbocycles. The molecule has 102 valence electrons. The number of aromatic nitrogens is 2. The first-order valence-electron chi connectivity index (χ1n) is 5.40. The third-order valence-corrected chi connectivity index (χ3v) is 4.42. The van der Waals surface area contributed by atoms with Crippen LogP contribution in [0.5, 0.6) is 0 Å². The average Bonchev–Trinajstić information content (AvgIpc) is 2.85. The summed E-state index contributed by atoms with van der Waals surface area (Å²) in [4.78, 5) is -0.432. The Balaban J connectivity index is 2.33. The Morgan fingerprint density at radius 1 is 1.47 bits per heavy atom. The van der Waals surface area contributed by atoms with Crippen LogP contribution in [0.1, 0.15) is 5.56 Å². The summed E-state index contributed by atoms with van der Waals surface area (Å²) in [5.74, 6) is -0.826. The van der Waals surface area contributed by atoms with E-state index >= 15 is 0 Å². The summed E-state index contributed by atoms with van der Waals surface area (Å²) in [6.07, 6.45) is 3.07. The van der Waals surface area contributed by atoms with Gasteiger partial charge in [-0.05, 0) is 18.2 Å². The van der Waals surface area contributed by atoms with Gasteiger partial charge in [-0.3, -0.25) is 5.10 Å². The van der Waals surface area contributed by atoms with Gasteiger partial charge in [-0.1, -0.05) is 0 Å². The van der Waals surface area contributed by atoms with Crippen molar-refractivity contribution in [2.24, 2.45) is 0 Å². The molecule has 0 aliphatic heterocycles. The van der Waals surface area contributed by atoms with Gasteiger partial charge in [0.05, 0.1) is 6.20 Å². The summed E-state index contributed by atoms with van der Waals surface area (Å²) < 4.78 is 39.1. The van der Waals surface area contributed by atoms with E-state index in [1.54, 1.807) is 6.20 Å². The molecule has 0 atom stereocenters. The minimum Gasteiger partial charge on any atom is -0.399 e. The molecule has 0 radical (unpaired) electrons. The molecule has 0 saturated heterocycles. The molecule has 2 rings (SSSR count). The number of aromatic amines is 1. The van der Waals surface area contributed by atoms with E-state index in [2.05, 4.69) is 10.2 Å². The summed E-state index contributed by atoms with van der Waals surface area (Å²) in [6, 6.07) is 3.45. The molecule has 0 aliphatic rings. The van der Waals surface area contributed by atoms with E-state index < -0.39 is 20.7 Å². The normalized spacial score (nSPS) is 11.9. The second-order valence-corrected chi connectivity index (χ2v) is 6.07. The van der Waals surface area contributed by atoms with E-state index in [0.717, 1.165) is 16.4 Å². The van der Waals surface area contributed by atoms with Crippen LogP contribution in [0.2, 0.25) is 0 Å². The Kier molecular flexibility index (Phi) is 3.54. The fourth-order valence-electron chi connectivity index (χ4n) is 1.59. The quantitative estimate of drug-likeness (QED) is 0.818. The maximum Gasteiger partial charge on any atom is 0.246 e. The number of H-pyrrole nitrogens is 1. The lowest BCUT2D eigenvalue weighted by Crippen LogP contribution is -2.27. The zero-order valence-electron chi connectivity index (χ0n) is 10.2. The van der Waals surface area contributed by atoms with Crippen molar-refractivity contribution >= 4 is 15.7 Å². The van der Waals surface area contributed by atoms with E-state index in [1.807, 2.05) is 0 Å². The van der Waals surface area contributed by atoms with Gasteiger partial charge < -0.3 is 5.73 Å². The standard InChI is InChI=1S/C11H13FN4O2S/c1-16(7-8-5-14-15-6-8)19(17,18)11-4-9(13)2-3-10(11)12/h2-6H,7,13H2,1H3,(H,14,15). The van der Waals surface area contributed by atoms with E-state index in [9.17, 15) is 12.8 Å². The fourth-order valence-corrected chi connectivity index (χ4v) is 2.85. The predicted octanol–water partition coefficient (Wildman–Crippen LogP) is 0.952. The number of hydrogen-bond donors (Lipinski definition) is 2. The van der Waals surface area contributed by atoms with Gasteiger partial charge in [0.25, 0.3) is 0 Å². The summed E-state index contributed by atoms with van der Waals surface area (Å²) >= 11 is 0. The first-order chi connectivity index (χ1) is 8.91. The highest BCUT2D eigenvalue weighted by atomic mass is 32.2. The zero-order valence-corrected chi connectivity index (χ0v) is 11.0. The molecule has 1 aromatic heterocycles. The maximum atomic E-state index is 13.6. The Bertz CT molecular complexity index is 670. The zero-order chi connectivity index (χ0) is 14.0. The predicted molar refractivity (Wildman–Crippen MR) is 68.1 cm³/mol. The molecular formula is C11H13FN4O2S.